The number of ether oxygens (including phenoxy) is 1. The molecule has 114 valence electrons. The van der Waals surface area contributed by atoms with E-state index in [0.717, 1.165) is 5.56 Å². The van der Waals surface area contributed by atoms with Gasteiger partial charge in [-0.25, -0.2) is 0 Å². The van der Waals surface area contributed by atoms with Gasteiger partial charge in [0.25, 0.3) is 0 Å². The van der Waals surface area contributed by atoms with Crippen LogP contribution in [-0.2, 0) is 12.2 Å². The van der Waals surface area contributed by atoms with Crippen molar-refractivity contribution >= 4 is 17.7 Å². The second kappa shape index (κ2) is 4.43. The van der Waals surface area contributed by atoms with Crippen LogP contribution in [0.3, 0.4) is 0 Å². The summed E-state index contributed by atoms with van der Waals surface area (Å²) in [5.74, 6) is -2.38. The highest BCUT2D eigenvalue weighted by atomic mass is 35.5. The summed E-state index contributed by atoms with van der Waals surface area (Å²) in [5.41, 5.74) is 7.36. The molecular weight excluding hydrogens is 306 g/mol. The van der Waals surface area contributed by atoms with Gasteiger partial charge in [0.2, 0.25) is 5.79 Å². The van der Waals surface area contributed by atoms with Crippen LogP contribution in [0.15, 0.2) is 23.0 Å². The molecule has 0 aromatic heterocycles. The molecule has 0 amide bonds. The van der Waals surface area contributed by atoms with Gasteiger partial charge < -0.3 is 20.7 Å². The molecule has 0 bridgehead atoms. The molecule has 0 saturated heterocycles. The van der Waals surface area contributed by atoms with Gasteiger partial charge >= 0.3 is 0 Å². The maximum absolute atomic E-state index is 11.6. The molecule has 4 N–H and O–H groups in total. The lowest BCUT2D eigenvalue weighted by Crippen LogP contribution is -2.33. The lowest BCUT2D eigenvalue weighted by atomic mass is 9.82. The van der Waals surface area contributed by atoms with Crippen molar-refractivity contribution in [1.29, 1.82) is 0 Å². The Balaban J connectivity index is 1.82. The first-order chi connectivity index (χ1) is 10.4. The molecular formula is C16H14ClNO4. The minimum atomic E-state index is -2.19. The van der Waals surface area contributed by atoms with Crippen molar-refractivity contribution in [3.05, 3.63) is 55.7 Å². The van der Waals surface area contributed by atoms with Gasteiger partial charge in [0.05, 0.1) is 16.5 Å². The molecule has 1 aliphatic heterocycles. The molecule has 1 heterocycles. The first-order valence-electron chi connectivity index (χ1n) is 7.05. The van der Waals surface area contributed by atoms with E-state index >= 15 is 0 Å². The van der Waals surface area contributed by atoms with Crippen molar-refractivity contribution in [3.8, 4) is 5.75 Å². The Bertz CT molecular complexity index is 816. The van der Waals surface area contributed by atoms with Crippen molar-refractivity contribution in [2.75, 3.05) is 6.54 Å². The number of rotatable bonds is 2. The highest BCUT2D eigenvalue weighted by Crippen LogP contribution is 2.48. The number of aliphatic hydroxyl groups is 2. The minimum Gasteiger partial charge on any atom is -0.487 e. The molecule has 2 unspecified atom stereocenters. The zero-order valence-corrected chi connectivity index (χ0v) is 12.3. The molecule has 1 aliphatic carbocycles. The third-order valence-corrected chi connectivity index (χ3v) is 4.80. The number of fused-ring (bicyclic) bond motifs is 2. The standard InChI is InChI=1S/C16H14ClNO4/c17-12-4-2-8(10-5-7(6-18)22-15(10)12)11-3-1-9-13(14(9)19)16(11,20)21/h1-4,7,11,20-21H,5-6,18H2. The Hall–Kier alpha value is -1.66. The summed E-state index contributed by atoms with van der Waals surface area (Å²) in [6, 6.07) is 3.41. The fourth-order valence-electron chi connectivity index (χ4n) is 3.32. The second-order valence-corrected chi connectivity index (χ2v) is 6.21. The van der Waals surface area contributed by atoms with E-state index in [1.54, 1.807) is 24.3 Å². The van der Waals surface area contributed by atoms with Gasteiger partial charge in [0.1, 0.15) is 11.9 Å². The molecule has 4 rings (SSSR count). The molecule has 0 spiro atoms. The average Bonchev–Trinajstić information content (AvgIpc) is 2.97. The van der Waals surface area contributed by atoms with Gasteiger partial charge in [0, 0.05) is 24.1 Å². The third-order valence-electron chi connectivity index (χ3n) is 4.50. The number of halogens is 1. The smallest absolute Gasteiger partial charge is 0.205 e. The Morgan fingerprint density at radius 1 is 1.41 bits per heavy atom. The van der Waals surface area contributed by atoms with E-state index in [0.29, 0.717) is 34.9 Å². The Morgan fingerprint density at radius 2 is 2.18 bits per heavy atom. The molecule has 5 nitrogen and oxygen atoms in total. The quantitative estimate of drug-likeness (QED) is 0.712. The SMILES string of the molecule is NCC1Cc2c(C3C=Cc4c(c4=O)C3(O)O)ccc(Cl)c2O1. The van der Waals surface area contributed by atoms with Crippen molar-refractivity contribution in [2.24, 2.45) is 5.73 Å². The minimum absolute atomic E-state index is 0.0815. The van der Waals surface area contributed by atoms with E-state index in [9.17, 15) is 15.0 Å². The Morgan fingerprint density at radius 3 is 2.91 bits per heavy atom. The van der Waals surface area contributed by atoms with Gasteiger partial charge in [-0.2, -0.15) is 0 Å². The molecule has 2 aromatic carbocycles. The van der Waals surface area contributed by atoms with Gasteiger partial charge in [-0.3, -0.25) is 4.79 Å². The van der Waals surface area contributed by atoms with E-state index in [2.05, 4.69) is 0 Å². The highest BCUT2D eigenvalue weighted by Gasteiger charge is 2.49. The van der Waals surface area contributed by atoms with Crippen LogP contribution in [0.2, 0.25) is 5.02 Å². The summed E-state index contributed by atoms with van der Waals surface area (Å²) in [4.78, 5) is 11.6. The van der Waals surface area contributed by atoms with Crippen LogP contribution < -0.4 is 15.9 Å². The summed E-state index contributed by atoms with van der Waals surface area (Å²) in [6.07, 6.45) is 3.67. The molecule has 22 heavy (non-hydrogen) atoms. The van der Waals surface area contributed by atoms with Crippen molar-refractivity contribution < 1.29 is 14.9 Å². The monoisotopic (exact) mass is 319 g/mol. The third kappa shape index (κ3) is 1.74. The molecule has 2 aromatic rings. The molecule has 0 radical (unpaired) electrons. The van der Waals surface area contributed by atoms with Crippen LogP contribution in [-0.4, -0.2) is 22.9 Å². The summed E-state index contributed by atoms with van der Waals surface area (Å²) in [7, 11) is 0. The van der Waals surface area contributed by atoms with Crippen LogP contribution in [0.25, 0.3) is 6.08 Å². The molecule has 2 atom stereocenters. The summed E-state index contributed by atoms with van der Waals surface area (Å²) >= 11 is 6.16. The maximum atomic E-state index is 11.6. The van der Waals surface area contributed by atoms with E-state index in [1.807, 2.05) is 0 Å². The van der Waals surface area contributed by atoms with Crippen molar-refractivity contribution in [2.45, 2.75) is 24.2 Å². The normalized spacial score (nSPS) is 25.1. The van der Waals surface area contributed by atoms with E-state index < -0.39 is 11.7 Å². The highest BCUT2D eigenvalue weighted by molar-refractivity contribution is 6.32. The number of hydrogen-bond donors (Lipinski definition) is 3. The van der Waals surface area contributed by atoms with Gasteiger partial charge in [-0.05, 0) is 11.6 Å². The van der Waals surface area contributed by atoms with Crippen LogP contribution in [0.4, 0.5) is 0 Å². The number of nitrogens with two attached hydrogens (primary N) is 1. The van der Waals surface area contributed by atoms with E-state index in [1.165, 1.54) is 0 Å². The lowest BCUT2D eigenvalue weighted by Gasteiger charge is -2.30. The number of benzene rings is 1. The maximum Gasteiger partial charge on any atom is 0.205 e. The summed E-state index contributed by atoms with van der Waals surface area (Å²) in [5, 5.41) is 21.3. The van der Waals surface area contributed by atoms with Crippen LogP contribution >= 0.6 is 11.6 Å². The number of hydrogen-bond acceptors (Lipinski definition) is 5. The second-order valence-electron chi connectivity index (χ2n) is 5.80. The van der Waals surface area contributed by atoms with Crippen molar-refractivity contribution in [3.63, 3.8) is 0 Å². The molecule has 0 fully saturated rings. The topological polar surface area (TPSA) is 92.8 Å². The Labute approximate surface area is 131 Å². The van der Waals surface area contributed by atoms with Gasteiger partial charge in [-0.15, -0.1) is 0 Å². The summed E-state index contributed by atoms with van der Waals surface area (Å²) in [6.45, 7) is 0.349. The van der Waals surface area contributed by atoms with Crippen LogP contribution in [0.5, 0.6) is 5.75 Å². The predicted molar refractivity (Wildman–Crippen MR) is 81.6 cm³/mol. The summed E-state index contributed by atoms with van der Waals surface area (Å²) < 4.78 is 5.72. The molecule has 6 heteroatoms. The van der Waals surface area contributed by atoms with Gasteiger partial charge in [0.15, 0.2) is 5.43 Å². The van der Waals surface area contributed by atoms with Gasteiger partial charge in [-0.1, -0.05) is 29.8 Å². The zero-order valence-electron chi connectivity index (χ0n) is 11.5. The fraction of sp³-hybridized carbons (Fsp3) is 0.312. The van der Waals surface area contributed by atoms with Crippen LogP contribution in [0, 0.1) is 0 Å². The average molecular weight is 320 g/mol. The largest absolute Gasteiger partial charge is 0.487 e. The first kappa shape index (κ1) is 14.0. The predicted octanol–water partition coefficient (Wildman–Crippen LogP) is 0.786. The zero-order chi connectivity index (χ0) is 15.6. The lowest BCUT2D eigenvalue weighted by molar-refractivity contribution is -0.177. The van der Waals surface area contributed by atoms with E-state index in [4.69, 9.17) is 22.1 Å². The molecule has 0 saturated carbocycles. The Kier molecular flexibility index (Phi) is 2.81. The fourth-order valence-corrected chi connectivity index (χ4v) is 3.54. The van der Waals surface area contributed by atoms with Crippen molar-refractivity contribution in [1.82, 2.24) is 0 Å². The van der Waals surface area contributed by atoms with E-state index in [-0.39, 0.29) is 17.1 Å². The molecule has 2 aliphatic rings. The first-order valence-corrected chi connectivity index (χ1v) is 7.43. The van der Waals surface area contributed by atoms with Crippen LogP contribution in [0.1, 0.15) is 28.2 Å².